The first-order valence-corrected chi connectivity index (χ1v) is 13.4. The van der Waals surface area contributed by atoms with Crippen molar-refractivity contribution in [2.75, 3.05) is 5.32 Å². The summed E-state index contributed by atoms with van der Waals surface area (Å²) in [6.07, 6.45) is 4.30. The summed E-state index contributed by atoms with van der Waals surface area (Å²) in [4.78, 5) is 25.0. The Bertz CT molecular complexity index is 1810. The minimum absolute atomic E-state index is 0.0629. The van der Waals surface area contributed by atoms with Crippen LogP contribution in [0, 0.1) is 6.92 Å². The van der Waals surface area contributed by atoms with Gasteiger partial charge in [0.1, 0.15) is 0 Å². The van der Waals surface area contributed by atoms with Gasteiger partial charge in [0.2, 0.25) is 5.91 Å². The SMILES string of the molecule is Cc1ccc(C2CC23C(=O)Nc2cc(Cl)c(-c4ccc(-c5ccc(-n6cccn6)cc5)cc4)cc23)cc1C(=O)O. The van der Waals surface area contributed by atoms with Gasteiger partial charge < -0.3 is 10.4 Å². The molecule has 7 rings (SSSR count). The fourth-order valence-electron chi connectivity index (χ4n) is 5.99. The molecule has 1 spiro atoms. The fraction of sp³-hybridized carbons (Fsp3) is 0.121. The van der Waals surface area contributed by atoms with Crippen molar-refractivity contribution in [1.82, 2.24) is 9.78 Å². The molecule has 2 atom stereocenters. The van der Waals surface area contributed by atoms with E-state index in [0.717, 1.165) is 44.8 Å². The number of carboxylic acids is 1. The molecule has 1 fully saturated rings. The molecule has 2 aliphatic rings. The third kappa shape index (κ3) is 3.75. The molecule has 196 valence electrons. The smallest absolute Gasteiger partial charge is 0.335 e. The number of halogens is 1. The van der Waals surface area contributed by atoms with E-state index < -0.39 is 11.4 Å². The molecule has 5 aromatic rings. The van der Waals surface area contributed by atoms with E-state index in [4.69, 9.17) is 11.6 Å². The van der Waals surface area contributed by atoms with Crippen molar-refractivity contribution in [2.45, 2.75) is 24.7 Å². The summed E-state index contributed by atoms with van der Waals surface area (Å²) in [6.45, 7) is 1.78. The van der Waals surface area contributed by atoms with Crippen molar-refractivity contribution in [3.63, 3.8) is 0 Å². The van der Waals surface area contributed by atoms with Gasteiger partial charge in [0, 0.05) is 29.6 Å². The second-order valence-electron chi connectivity index (χ2n) is 10.5. The lowest BCUT2D eigenvalue weighted by Gasteiger charge is -2.13. The number of benzene rings is 4. The largest absolute Gasteiger partial charge is 0.478 e. The number of aromatic carboxylic acids is 1. The van der Waals surface area contributed by atoms with Crippen molar-refractivity contribution in [3.05, 3.63) is 125 Å². The molecule has 1 aliphatic heterocycles. The predicted octanol–water partition coefficient (Wildman–Crippen LogP) is 7.24. The van der Waals surface area contributed by atoms with E-state index in [1.54, 1.807) is 19.2 Å². The van der Waals surface area contributed by atoms with E-state index in [9.17, 15) is 14.7 Å². The first-order chi connectivity index (χ1) is 19.3. The number of nitrogens with zero attached hydrogens (tertiary/aromatic N) is 2. The molecule has 40 heavy (non-hydrogen) atoms. The summed E-state index contributed by atoms with van der Waals surface area (Å²) in [5.41, 5.74) is 7.75. The van der Waals surface area contributed by atoms with Crippen LogP contribution in [0.5, 0.6) is 0 Å². The van der Waals surface area contributed by atoms with Gasteiger partial charge in [-0.1, -0.05) is 60.1 Å². The van der Waals surface area contributed by atoms with Crippen molar-refractivity contribution in [2.24, 2.45) is 0 Å². The number of hydrogen-bond donors (Lipinski definition) is 2. The number of anilines is 1. The molecule has 6 nitrogen and oxygen atoms in total. The van der Waals surface area contributed by atoms with Gasteiger partial charge in [-0.25, -0.2) is 9.48 Å². The van der Waals surface area contributed by atoms with Crippen molar-refractivity contribution in [3.8, 4) is 27.9 Å². The molecule has 2 N–H and O–H groups in total. The average Bonchev–Trinajstić information content (AvgIpc) is 3.34. The second-order valence-corrected chi connectivity index (χ2v) is 10.9. The molecule has 1 saturated carbocycles. The number of carboxylic acid groups (broad SMARTS) is 1. The van der Waals surface area contributed by atoms with E-state index in [-0.39, 0.29) is 17.4 Å². The highest BCUT2D eigenvalue weighted by Gasteiger charge is 2.65. The fourth-order valence-corrected chi connectivity index (χ4v) is 6.27. The van der Waals surface area contributed by atoms with Gasteiger partial charge >= 0.3 is 5.97 Å². The number of hydrogen-bond acceptors (Lipinski definition) is 3. The topological polar surface area (TPSA) is 84.2 Å². The number of aryl methyl sites for hydroxylation is 1. The number of rotatable bonds is 5. The van der Waals surface area contributed by atoms with Gasteiger partial charge in [0.25, 0.3) is 0 Å². The van der Waals surface area contributed by atoms with Crippen LogP contribution in [0.4, 0.5) is 5.69 Å². The summed E-state index contributed by atoms with van der Waals surface area (Å²) in [5, 5.41) is 17.5. The zero-order chi connectivity index (χ0) is 27.6. The Morgan fingerprint density at radius 1 is 1.00 bits per heavy atom. The van der Waals surface area contributed by atoms with Gasteiger partial charge in [0.15, 0.2) is 0 Å². The maximum absolute atomic E-state index is 13.3. The van der Waals surface area contributed by atoms with Crippen LogP contribution in [0.15, 0.2) is 97.3 Å². The molecule has 0 bridgehead atoms. The van der Waals surface area contributed by atoms with Gasteiger partial charge in [-0.2, -0.15) is 5.10 Å². The van der Waals surface area contributed by atoms with Crippen molar-refractivity contribution in [1.29, 1.82) is 0 Å². The van der Waals surface area contributed by atoms with Crippen LogP contribution in [-0.2, 0) is 10.2 Å². The molecule has 2 unspecified atom stereocenters. The first-order valence-electron chi connectivity index (χ1n) is 13.1. The Morgan fingerprint density at radius 3 is 2.38 bits per heavy atom. The lowest BCUT2D eigenvalue weighted by atomic mass is 9.89. The van der Waals surface area contributed by atoms with E-state index in [2.05, 4.69) is 34.7 Å². The van der Waals surface area contributed by atoms with E-state index in [1.165, 1.54) is 0 Å². The molecule has 4 aromatic carbocycles. The zero-order valence-electron chi connectivity index (χ0n) is 21.6. The van der Waals surface area contributed by atoms with Crippen LogP contribution in [0.3, 0.4) is 0 Å². The second kappa shape index (κ2) is 8.93. The minimum atomic E-state index is -0.961. The van der Waals surface area contributed by atoms with Crippen molar-refractivity contribution < 1.29 is 14.7 Å². The Hall–Kier alpha value is -4.68. The molecule has 1 amide bonds. The highest BCUT2D eigenvalue weighted by Crippen LogP contribution is 2.65. The number of carbonyl (C=O) groups is 2. The summed E-state index contributed by atoms with van der Waals surface area (Å²) >= 11 is 6.73. The number of aromatic nitrogens is 2. The number of carbonyl (C=O) groups excluding carboxylic acids is 1. The summed E-state index contributed by atoms with van der Waals surface area (Å²) in [7, 11) is 0. The van der Waals surface area contributed by atoms with Crippen LogP contribution in [0.2, 0.25) is 5.02 Å². The summed E-state index contributed by atoms with van der Waals surface area (Å²) < 4.78 is 1.82. The van der Waals surface area contributed by atoms with Crippen LogP contribution in [0.1, 0.15) is 39.4 Å². The number of fused-ring (bicyclic) bond motifs is 2. The molecular weight excluding hydrogens is 522 g/mol. The van der Waals surface area contributed by atoms with Gasteiger partial charge in [-0.05, 0) is 83.1 Å². The number of nitrogens with one attached hydrogen (secondary N) is 1. The molecule has 0 saturated heterocycles. The number of amides is 1. The molecule has 7 heteroatoms. The standard InChI is InChI=1S/C33H24ClN3O3/c1-19-3-4-23(15-25(19)31(38)39)28-18-33(28)27-16-26(29(34)17-30(27)36-32(33)40)22-7-5-20(6-8-22)21-9-11-24(12-10-21)37-14-2-13-35-37/h2-17,28H,18H2,1H3,(H,36,40)(H,38,39). The summed E-state index contributed by atoms with van der Waals surface area (Å²) in [6, 6.07) is 27.7. The van der Waals surface area contributed by atoms with E-state index in [0.29, 0.717) is 17.0 Å². The Morgan fingerprint density at radius 2 is 1.70 bits per heavy atom. The molecule has 1 aromatic heterocycles. The van der Waals surface area contributed by atoms with Gasteiger partial charge in [-0.3, -0.25) is 4.79 Å². The first kappa shape index (κ1) is 24.4. The zero-order valence-corrected chi connectivity index (χ0v) is 22.3. The van der Waals surface area contributed by atoms with E-state index in [1.807, 2.05) is 65.5 Å². The normalized spacial score (nSPS) is 18.9. The predicted molar refractivity (Wildman–Crippen MR) is 155 cm³/mol. The van der Waals surface area contributed by atoms with Gasteiger partial charge in [-0.15, -0.1) is 0 Å². The lowest BCUT2D eigenvalue weighted by molar-refractivity contribution is -0.118. The Balaban J connectivity index is 1.20. The minimum Gasteiger partial charge on any atom is -0.478 e. The monoisotopic (exact) mass is 545 g/mol. The third-order valence-electron chi connectivity index (χ3n) is 8.26. The van der Waals surface area contributed by atoms with Crippen LogP contribution < -0.4 is 5.32 Å². The van der Waals surface area contributed by atoms with Crippen LogP contribution in [-0.4, -0.2) is 26.8 Å². The van der Waals surface area contributed by atoms with Gasteiger partial charge in [0.05, 0.1) is 21.7 Å². The Kier molecular flexibility index (Phi) is 5.44. The van der Waals surface area contributed by atoms with Crippen LogP contribution in [0.25, 0.3) is 27.9 Å². The Labute approximate surface area is 235 Å². The average molecular weight is 546 g/mol. The molecule has 2 heterocycles. The molecule has 1 aliphatic carbocycles. The molecule has 0 radical (unpaired) electrons. The quantitative estimate of drug-likeness (QED) is 0.244. The summed E-state index contributed by atoms with van der Waals surface area (Å²) in [5.74, 6) is -1.11. The highest BCUT2D eigenvalue weighted by atomic mass is 35.5. The van der Waals surface area contributed by atoms with Crippen molar-refractivity contribution >= 4 is 29.2 Å². The lowest BCUT2D eigenvalue weighted by Crippen LogP contribution is -2.21. The molecular formula is C33H24ClN3O3. The maximum Gasteiger partial charge on any atom is 0.335 e. The highest BCUT2D eigenvalue weighted by molar-refractivity contribution is 6.34. The van der Waals surface area contributed by atoms with Crippen LogP contribution >= 0.6 is 11.6 Å². The van der Waals surface area contributed by atoms with E-state index >= 15 is 0 Å². The third-order valence-corrected chi connectivity index (χ3v) is 8.57. The maximum atomic E-state index is 13.3.